The van der Waals surface area contributed by atoms with Crippen LogP contribution in [0, 0.1) is 17.1 Å². The molecule has 1 aromatic carbocycles. The van der Waals surface area contributed by atoms with E-state index in [-0.39, 0.29) is 5.56 Å². The first-order chi connectivity index (χ1) is 9.19. The van der Waals surface area contributed by atoms with Gasteiger partial charge in [0, 0.05) is 19.6 Å². The predicted octanol–water partition coefficient (Wildman–Crippen LogP) is 2.22. The first kappa shape index (κ1) is 14.0. The highest BCUT2D eigenvalue weighted by molar-refractivity contribution is 5.34. The number of rotatable bonds is 5. The summed E-state index contributed by atoms with van der Waals surface area (Å²) >= 11 is 0. The monoisotopic (exact) mass is 261 g/mol. The van der Waals surface area contributed by atoms with Crippen molar-refractivity contribution in [1.82, 2.24) is 9.80 Å². The second-order valence-electron chi connectivity index (χ2n) is 5.21. The van der Waals surface area contributed by atoms with Crippen LogP contribution in [0.1, 0.15) is 24.0 Å². The maximum absolute atomic E-state index is 13.2. The lowest BCUT2D eigenvalue weighted by Crippen LogP contribution is -2.31. The molecule has 0 bridgehead atoms. The van der Waals surface area contributed by atoms with E-state index in [1.54, 1.807) is 12.1 Å². The molecule has 0 amide bonds. The fourth-order valence-electron chi connectivity index (χ4n) is 2.47. The van der Waals surface area contributed by atoms with Gasteiger partial charge in [-0.3, -0.25) is 0 Å². The number of likely N-dealkylation sites (tertiary alicyclic amines) is 1. The van der Waals surface area contributed by atoms with Crippen LogP contribution in [-0.4, -0.2) is 43.0 Å². The van der Waals surface area contributed by atoms with E-state index in [4.69, 9.17) is 5.26 Å². The molecule has 0 spiro atoms. The van der Waals surface area contributed by atoms with Gasteiger partial charge in [0.25, 0.3) is 0 Å². The second kappa shape index (κ2) is 6.65. The highest BCUT2D eigenvalue weighted by atomic mass is 19.1. The minimum absolute atomic E-state index is 0.130. The van der Waals surface area contributed by atoms with E-state index in [9.17, 15) is 4.39 Å². The van der Waals surface area contributed by atoms with Gasteiger partial charge in [-0.2, -0.15) is 5.26 Å². The molecular weight excluding hydrogens is 241 g/mol. The van der Waals surface area contributed by atoms with Crippen LogP contribution in [0.5, 0.6) is 0 Å². The Morgan fingerprint density at radius 2 is 2.11 bits per heavy atom. The molecule has 1 saturated heterocycles. The van der Waals surface area contributed by atoms with Crippen molar-refractivity contribution in [1.29, 1.82) is 5.26 Å². The molecule has 0 aromatic heterocycles. The van der Waals surface area contributed by atoms with E-state index < -0.39 is 5.82 Å². The predicted molar refractivity (Wildman–Crippen MR) is 73.1 cm³/mol. The first-order valence-electron chi connectivity index (χ1n) is 6.78. The molecule has 0 radical (unpaired) electrons. The van der Waals surface area contributed by atoms with Gasteiger partial charge in [-0.15, -0.1) is 0 Å². The normalized spacial score (nSPS) is 15.9. The number of nitrogens with zero attached hydrogens (tertiary/aromatic N) is 3. The lowest BCUT2D eigenvalue weighted by atomic mass is 10.1. The van der Waals surface area contributed by atoms with Gasteiger partial charge >= 0.3 is 0 Å². The third-order valence-corrected chi connectivity index (χ3v) is 3.60. The Labute approximate surface area is 114 Å². The van der Waals surface area contributed by atoms with Crippen molar-refractivity contribution >= 4 is 0 Å². The van der Waals surface area contributed by atoms with Gasteiger partial charge in [0.15, 0.2) is 0 Å². The number of benzene rings is 1. The van der Waals surface area contributed by atoms with Gasteiger partial charge in [-0.25, -0.2) is 4.39 Å². The van der Waals surface area contributed by atoms with Crippen molar-refractivity contribution in [2.24, 2.45) is 0 Å². The Bertz CT molecular complexity index is 461. The molecule has 4 heteroatoms. The summed E-state index contributed by atoms with van der Waals surface area (Å²) < 4.78 is 13.2. The van der Waals surface area contributed by atoms with E-state index in [1.807, 2.05) is 6.07 Å². The zero-order chi connectivity index (χ0) is 13.7. The second-order valence-corrected chi connectivity index (χ2v) is 5.21. The van der Waals surface area contributed by atoms with Crippen LogP contribution in [0.4, 0.5) is 4.39 Å². The summed E-state index contributed by atoms with van der Waals surface area (Å²) in [5.74, 6) is -0.439. The average Bonchev–Trinajstić information content (AvgIpc) is 2.92. The molecule has 0 atom stereocenters. The van der Waals surface area contributed by atoms with Crippen LogP contribution >= 0.6 is 0 Å². The molecule has 1 aromatic rings. The van der Waals surface area contributed by atoms with Crippen molar-refractivity contribution in [2.75, 3.05) is 33.2 Å². The van der Waals surface area contributed by atoms with E-state index in [0.29, 0.717) is 0 Å². The number of hydrogen-bond acceptors (Lipinski definition) is 3. The Balaban J connectivity index is 1.84. The third kappa shape index (κ3) is 4.02. The Morgan fingerprint density at radius 3 is 2.79 bits per heavy atom. The van der Waals surface area contributed by atoms with E-state index >= 15 is 0 Å². The highest BCUT2D eigenvalue weighted by Crippen LogP contribution is 2.12. The molecule has 0 N–H and O–H groups in total. The van der Waals surface area contributed by atoms with Crippen LogP contribution < -0.4 is 0 Å². The Hall–Kier alpha value is -1.44. The van der Waals surface area contributed by atoms with Crippen molar-refractivity contribution in [3.05, 3.63) is 35.1 Å². The maximum Gasteiger partial charge on any atom is 0.140 e. The molecule has 0 unspecified atom stereocenters. The van der Waals surface area contributed by atoms with Crippen LogP contribution in [0.25, 0.3) is 0 Å². The van der Waals surface area contributed by atoms with Gasteiger partial charge in [-0.05, 0) is 50.7 Å². The zero-order valence-electron chi connectivity index (χ0n) is 11.4. The van der Waals surface area contributed by atoms with E-state index in [0.717, 1.165) is 25.2 Å². The average molecular weight is 261 g/mol. The number of halogens is 1. The molecule has 2 rings (SSSR count). The molecule has 0 saturated carbocycles. The molecule has 102 valence electrons. The van der Waals surface area contributed by atoms with Crippen LogP contribution in [0.2, 0.25) is 0 Å². The molecule has 1 aliphatic heterocycles. The molecule has 3 nitrogen and oxygen atoms in total. The summed E-state index contributed by atoms with van der Waals surface area (Å²) in [5.41, 5.74) is 1.12. The van der Waals surface area contributed by atoms with Crippen molar-refractivity contribution in [3.63, 3.8) is 0 Å². The maximum atomic E-state index is 13.2. The summed E-state index contributed by atoms with van der Waals surface area (Å²) in [6.07, 6.45) is 2.63. The Kier molecular flexibility index (Phi) is 4.89. The topological polar surface area (TPSA) is 30.3 Å². The number of likely N-dealkylation sites (N-methyl/N-ethyl adjacent to an activating group) is 1. The largest absolute Gasteiger partial charge is 0.302 e. The number of hydrogen-bond donors (Lipinski definition) is 0. The Morgan fingerprint density at radius 1 is 1.37 bits per heavy atom. The SMILES string of the molecule is CN(CCN1CCCC1)Cc1ccc(F)c(C#N)c1. The molecule has 1 fully saturated rings. The first-order valence-corrected chi connectivity index (χ1v) is 6.78. The fraction of sp³-hybridized carbons (Fsp3) is 0.533. The van der Waals surface area contributed by atoms with Gasteiger partial charge in [0.05, 0.1) is 5.56 Å². The minimum atomic E-state index is -0.439. The van der Waals surface area contributed by atoms with E-state index in [2.05, 4.69) is 16.8 Å². The lowest BCUT2D eigenvalue weighted by molar-refractivity contribution is 0.252. The van der Waals surface area contributed by atoms with Gasteiger partial charge < -0.3 is 9.80 Å². The van der Waals surface area contributed by atoms with Crippen LogP contribution in [0.15, 0.2) is 18.2 Å². The summed E-state index contributed by atoms with van der Waals surface area (Å²) in [4.78, 5) is 4.69. The third-order valence-electron chi connectivity index (χ3n) is 3.60. The fourth-order valence-corrected chi connectivity index (χ4v) is 2.47. The number of nitriles is 1. The highest BCUT2D eigenvalue weighted by Gasteiger charge is 2.12. The summed E-state index contributed by atoms with van der Waals surface area (Å²) in [5, 5.41) is 8.81. The van der Waals surface area contributed by atoms with Gasteiger partial charge in [0.2, 0.25) is 0 Å². The summed E-state index contributed by atoms with van der Waals surface area (Å²) in [7, 11) is 2.06. The molecule has 19 heavy (non-hydrogen) atoms. The zero-order valence-corrected chi connectivity index (χ0v) is 11.4. The van der Waals surface area contributed by atoms with Crippen LogP contribution in [0.3, 0.4) is 0 Å². The van der Waals surface area contributed by atoms with E-state index in [1.165, 1.54) is 32.0 Å². The van der Waals surface area contributed by atoms with Crippen molar-refractivity contribution in [2.45, 2.75) is 19.4 Å². The van der Waals surface area contributed by atoms with Gasteiger partial charge in [-0.1, -0.05) is 6.07 Å². The summed E-state index contributed by atoms with van der Waals surface area (Å²) in [6.45, 7) is 5.26. The standard InChI is InChI=1S/C15H20FN3/c1-18(8-9-19-6-2-3-7-19)12-13-4-5-15(16)14(10-13)11-17/h4-5,10H,2-3,6-9,12H2,1H3. The lowest BCUT2D eigenvalue weighted by Gasteiger charge is -2.21. The van der Waals surface area contributed by atoms with Gasteiger partial charge in [0.1, 0.15) is 11.9 Å². The summed E-state index contributed by atoms with van der Waals surface area (Å²) in [6, 6.07) is 6.65. The van der Waals surface area contributed by atoms with Crippen molar-refractivity contribution < 1.29 is 4.39 Å². The molecule has 1 heterocycles. The molecule has 1 aliphatic rings. The molecule has 0 aliphatic carbocycles. The van der Waals surface area contributed by atoms with Crippen LogP contribution in [-0.2, 0) is 6.54 Å². The smallest absolute Gasteiger partial charge is 0.140 e. The molecular formula is C15H20FN3. The van der Waals surface area contributed by atoms with Crippen molar-refractivity contribution in [3.8, 4) is 6.07 Å². The quantitative estimate of drug-likeness (QED) is 0.814. The minimum Gasteiger partial charge on any atom is -0.302 e.